The monoisotopic (exact) mass is 511 g/mol. The van der Waals surface area contributed by atoms with E-state index < -0.39 is 0 Å². The summed E-state index contributed by atoms with van der Waals surface area (Å²) in [5.41, 5.74) is 6.47. The van der Waals surface area contributed by atoms with Crippen molar-refractivity contribution in [2.45, 2.75) is 66.1 Å². The normalized spacial score (nSPS) is 11.3. The second kappa shape index (κ2) is 13.3. The molecule has 1 heterocycles. The van der Waals surface area contributed by atoms with Crippen molar-refractivity contribution in [3.8, 4) is 34.1 Å². The summed E-state index contributed by atoms with van der Waals surface area (Å²) < 4.78 is 8.23. The molecule has 4 rings (SSSR count). The van der Waals surface area contributed by atoms with Crippen molar-refractivity contribution < 1.29 is 9.84 Å². The number of phenols is 1. The molecule has 0 saturated carbocycles. The van der Waals surface area contributed by atoms with Gasteiger partial charge in [-0.05, 0) is 55.6 Å². The van der Waals surface area contributed by atoms with Gasteiger partial charge in [-0.3, -0.25) is 4.90 Å². The second-order valence-electron chi connectivity index (χ2n) is 9.99. The van der Waals surface area contributed by atoms with Crippen LogP contribution in [-0.4, -0.2) is 33.2 Å². The molecule has 200 valence electrons. The molecule has 0 atom stereocenters. The molecular formula is C33H41N3O2. The van der Waals surface area contributed by atoms with Crippen LogP contribution >= 0.6 is 0 Å². The van der Waals surface area contributed by atoms with Gasteiger partial charge in [-0.2, -0.15) is 0 Å². The summed E-state index contributed by atoms with van der Waals surface area (Å²) in [6.45, 7) is 9.92. The highest BCUT2D eigenvalue weighted by Gasteiger charge is 2.23. The molecule has 0 aliphatic carbocycles. The summed E-state index contributed by atoms with van der Waals surface area (Å²) in [6, 6.07) is 24.6. The standard InChI is InChI=1S/C33H41N3O2/c1-5-7-20-35(23-26-18-19-30(37)25(3)22-26)24-29-32(28-16-12-13-17-31(28)38-4)34-33(36(29)21-8-6-2)27-14-10-9-11-15-27/h9-19,22,37H,5-8,20-21,23-24H2,1-4H3. The molecule has 0 unspecified atom stereocenters. The smallest absolute Gasteiger partial charge is 0.140 e. The number of aryl methyl sites for hydroxylation is 1. The summed E-state index contributed by atoms with van der Waals surface area (Å²) in [5.74, 6) is 2.19. The lowest BCUT2D eigenvalue weighted by molar-refractivity contribution is 0.246. The van der Waals surface area contributed by atoms with Crippen LogP contribution < -0.4 is 4.74 Å². The van der Waals surface area contributed by atoms with Crippen molar-refractivity contribution >= 4 is 0 Å². The lowest BCUT2D eigenvalue weighted by atomic mass is 10.1. The molecule has 0 amide bonds. The third kappa shape index (κ3) is 6.46. The zero-order chi connectivity index (χ0) is 26.9. The molecule has 0 bridgehead atoms. The van der Waals surface area contributed by atoms with Crippen LogP contribution in [0.2, 0.25) is 0 Å². The van der Waals surface area contributed by atoms with Crippen molar-refractivity contribution in [1.29, 1.82) is 0 Å². The van der Waals surface area contributed by atoms with Crippen LogP contribution in [-0.2, 0) is 19.6 Å². The SMILES string of the molecule is CCCCN(Cc1ccc(O)c(C)c1)Cc1c(-c2ccccc2OC)nc(-c2ccccc2)n1CCCC. The van der Waals surface area contributed by atoms with E-state index in [0.717, 1.165) is 85.8 Å². The summed E-state index contributed by atoms with van der Waals surface area (Å²) in [5, 5.41) is 10.1. The molecule has 0 aliphatic rings. The van der Waals surface area contributed by atoms with E-state index in [1.54, 1.807) is 7.11 Å². The van der Waals surface area contributed by atoms with E-state index in [4.69, 9.17) is 9.72 Å². The van der Waals surface area contributed by atoms with Gasteiger partial charge >= 0.3 is 0 Å². The number of methoxy groups -OCH3 is 1. The van der Waals surface area contributed by atoms with Crippen LogP contribution in [0.15, 0.2) is 72.8 Å². The van der Waals surface area contributed by atoms with E-state index in [2.05, 4.69) is 71.8 Å². The fraction of sp³-hybridized carbons (Fsp3) is 0.364. The van der Waals surface area contributed by atoms with Gasteiger partial charge in [0.2, 0.25) is 0 Å². The third-order valence-electron chi connectivity index (χ3n) is 7.07. The minimum Gasteiger partial charge on any atom is -0.508 e. The number of hydrogen-bond acceptors (Lipinski definition) is 4. The molecule has 0 spiro atoms. The van der Waals surface area contributed by atoms with E-state index in [0.29, 0.717) is 5.75 Å². The number of unbranched alkanes of at least 4 members (excludes halogenated alkanes) is 2. The number of aromatic nitrogens is 2. The maximum absolute atomic E-state index is 10.1. The average molecular weight is 512 g/mol. The fourth-order valence-electron chi connectivity index (χ4n) is 4.95. The van der Waals surface area contributed by atoms with Gasteiger partial charge < -0.3 is 14.4 Å². The van der Waals surface area contributed by atoms with Gasteiger partial charge in [-0.15, -0.1) is 0 Å². The highest BCUT2D eigenvalue weighted by molar-refractivity contribution is 5.73. The van der Waals surface area contributed by atoms with Crippen molar-refractivity contribution in [1.82, 2.24) is 14.5 Å². The first-order valence-corrected chi connectivity index (χ1v) is 13.8. The number of nitrogens with zero attached hydrogens (tertiary/aromatic N) is 3. The van der Waals surface area contributed by atoms with Crippen LogP contribution in [0.3, 0.4) is 0 Å². The molecule has 0 fully saturated rings. The predicted molar refractivity (Wildman–Crippen MR) is 156 cm³/mol. The number of imidazole rings is 1. The zero-order valence-corrected chi connectivity index (χ0v) is 23.3. The van der Waals surface area contributed by atoms with Gasteiger partial charge in [-0.1, -0.05) is 81.3 Å². The van der Waals surface area contributed by atoms with Crippen molar-refractivity contribution in [2.24, 2.45) is 0 Å². The van der Waals surface area contributed by atoms with E-state index in [-0.39, 0.29) is 0 Å². The number of ether oxygens (including phenoxy) is 1. The minimum atomic E-state index is 0.345. The molecule has 1 aromatic heterocycles. The number of benzene rings is 3. The molecule has 0 aliphatic heterocycles. The van der Waals surface area contributed by atoms with E-state index in [1.165, 1.54) is 11.3 Å². The first-order valence-electron chi connectivity index (χ1n) is 13.8. The lowest BCUT2D eigenvalue weighted by Crippen LogP contribution is -2.26. The number of hydrogen-bond donors (Lipinski definition) is 1. The van der Waals surface area contributed by atoms with Crippen LogP contribution in [0.25, 0.3) is 22.6 Å². The Labute approximate surface area is 227 Å². The minimum absolute atomic E-state index is 0.345. The van der Waals surface area contributed by atoms with Gasteiger partial charge in [0.15, 0.2) is 0 Å². The number of rotatable bonds is 13. The predicted octanol–water partition coefficient (Wildman–Crippen LogP) is 7.84. The van der Waals surface area contributed by atoms with E-state index in [1.807, 2.05) is 31.2 Å². The summed E-state index contributed by atoms with van der Waals surface area (Å²) in [6.07, 6.45) is 4.45. The lowest BCUT2D eigenvalue weighted by Gasteiger charge is -2.24. The molecule has 5 heteroatoms. The zero-order valence-electron chi connectivity index (χ0n) is 23.3. The Morgan fingerprint density at radius 1 is 0.895 bits per heavy atom. The van der Waals surface area contributed by atoms with Crippen LogP contribution in [0, 0.1) is 6.92 Å². The van der Waals surface area contributed by atoms with Gasteiger partial charge in [0, 0.05) is 30.8 Å². The molecule has 1 N–H and O–H groups in total. The second-order valence-corrected chi connectivity index (χ2v) is 9.99. The Bertz CT molecular complexity index is 1310. The van der Waals surface area contributed by atoms with Crippen molar-refractivity contribution in [3.63, 3.8) is 0 Å². The third-order valence-corrected chi connectivity index (χ3v) is 7.07. The van der Waals surface area contributed by atoms with Gasteiger partial charge in [0.25, 0.3) is 0 Å². The number of para-hydroxylation sites is 1. The molecule has 5 nitrogen and oxygen atoms in total. The maximum atomic E-state index is 10.1. The van der Waals surface area contributed by atoms with Gasteiger partial charge in [0.1, 0.15) is 17.3 Å². The molecule has 0 saturated heterocycles. The highest BCUT2D eigenvalue weighted by Crippen LogP contribution is 2.36. The van der Waals surface area contributed by atoms with Crippen molar-refractivity contribution in [3.05, 3.63) is 89.6 Å². The Hall–Kier alpha value is -3.57. The first-order chi connectivity index (χ1) is 18.5. The Morgan fingerprint density at radius 2 is 1.63 bits per heavy atom. The maximum Gasteiger partial charge on any atom is 0.140 e. The summed E-state index contributed by atoms with van der Waals surface area (Å²) in [4.78, 5) is 7.82. The first kappa shape index (κ1) is 27.5. The fourth-order valence-corrected chi connectivity index (χ4v) is 4.95. The molecule has 3 aromatic carbocycles. The van der Waals surface area contributed by atoms with Crippen molar-refractivity contribution in [2.75, 3.05) is 13.7 Å². The largest absolute Gasteiger partial charge is 0.508 e. The Balaban J connectivity index is 1.84. The number of aromatic hydroxyl groups is 1. The molecular weight excluding hydrogens is 470 g/mol. The van der Waals surface area contributed by atoms with Gasteiger partial charge in [-0.25, -0.2) is 4.98 Å². The highest BCUT2D eigenvalue weighted by atomic mass is 16.5. The number of phenolic OH excluding ortho intramolecular Hbond substituents is 1. The van der Waals surface area contributed by atoms with Gasteiger partial charge in [0.05, 0.1) is 18.5 Å². The molecule has 38 heavy (non-hydrogen) atoms. The van der Waals surface area contributed by atoms with Crippen LogP contribution in [0.5, 0.6) is 11.5 Å². The van der Waals surface area contributed by atoms with Crippen LogP contribution in [0.4, 0.5) is 0 Å². The Morgan fingerprint density at radius 3 is 2.34 bits per heavy atom. The molecule has 4 aromatic rings. The average Bonchev–Trinajstić information content (AvgIpc) is 3.30. The summed E-state index contributed by atoms with van der Waals surface area (Å²) >= 11 is 0. The Kier molecular flexibility index (Phi) is 9.61. The van der Waals surface area contributed by atoms with E-state index >= 15 is 0 Å². The van der Waals surface area contributed by atoms with E-state index in [9.17, 15) is 5.11 Å². The quantitative estimate of drug-likeness (QED) is 0.199. The topological polar surface area (TPSA) is 50.5 Å². The van der Waals surface area contributed by atoms with Crippen LogP contribution in [0.1, 0.15) is 56.4 Å². The summed E-state index contributed by atoms with van der Waals surface area (Å²) in [7, 11) is 1.73. The molecule has 0 radical (unpaired) electrons.